The van der Waals surface area contributed by atoms with Crippen molar-refractivity contribution in [3.05, 3.63) is 30.4 Å². The molecule has 1 aliphatic rings. The zero-order valence-electron chi connectivity index (χ0n) is 8.56. The molecule has 4 nitrogen and oxygen atoms in total. The van der Waals surface area contributed by atoms with Crippen molar-refractivity contribution in [2.45, 2.75) is 18.8 Å². The highest BCUT2D eigenvalue weighted by Crippen LogP contribution is 2.22. The molecule has 2 aromatic rings. The summed E-state index contributed by atoms with van der Waals surface area (Å²) in [6, 6.07) is 2.10. The van der Waals surface area contributed by atoms with Gasteiger partial charge in [0, 0.05) is 36.7 Å². The zero-order valence-corrected chi connectivity index (χ0v) is 8.56. The summed E-state index contributed by atoms with van der Waals surface area (Å²) in [5.74, 6) is 1.40. The van der Waals surface area contributed by atoms with Crippen LogP contribution in [-0.2, 0) is 0 Å². The smallest absolute Gasteiger partial charge is 0.233 e. The van der Waals surface area contributed by atoms with E-state index in [9.17, 15) is 0 Å². The van der Waals surface area contributed by atoms with E-state index in [1.165, 1.54) is 18.5 Å². The van der Waals surface area contributed by atoms with Gasteiger partial charge in [-0.05, 0) is 25.5 Å². The molecule has 3 heterocycles. The molecule has 3 rings (SSSR count). The average molecular weight is 202 g/mol. The molecule has 1 unspecified atom stereocenters. The molecular formula is C11H14N4. The van der Waals surface area contributed by atoms with Gasteiger partial charge in [0.05, 0.1) is 0 Å². The number of rotatable bonds is 1. The number of nitrogens with one attached hydrogen (secondary N) is 1. The van der Waals surface area contributed by atoms with Gasteiger partial charge in [0.25, 0.3) is 0 Å². The molecule has 0 spiro atoms. The number of imidazole rings is 1. The van der Waals surface area contributed by atoms with Gasteiger partial charge in [0.1, 0.15) is 0 Å². The van der Waals surface area contributed by atoms with Gasteiger partial charge in [-0.2, -0.15) is 0 Å². The molecule has 0 radical (unpaired) electrons. The average Bonchev–Trinajstić information content (AvgIpc) is 2.78. The number of aromatic nitrogens is 3. The van der Waals surface area contributed by atoms with Crippen LogP contribution in [0.25, 0.3) is 5.78 Å². The van der Waals surface area contributed by atoms with Crippen LogP contribution in [0.1, 0.15) is 24.5 Å². The fourth-order valence-electron chi connectivity index (χ4n) is 2.29. The highest BCUT2D eigenvalue weighted by Gasteiger charge is 2.17. The van der Waals surface area contributed by atoms with Gasteiger partial charge in [-0.1, -0.05) is 0 Å². The predicted molar refractivity (Wildman–Crippen MR) is 57.8 cm³/mol. The molecule has 1 N–H and O–H groups in total. The van der Waals surface area contributed by atoms with Crippen LogP contribution in [0, 0.1) is 0 Å². The number of piperidine rings is 1. The zero-order chi connectivity index (χ0) is 10.1. The first-order valence-electron chi connectivity index (χ1n) is 5.44. The van der Waals surface area contributed by atoms with Crippen LogP contribution in [0.4, 0.5) is 0 Å². The summed E-state index contributed by atoms with van der Waals surface area (Å²) < 4.78 is 2.09. The van der Waals surface area contributed by atoms with Crippen LogP contribution in [0.5, 0.6) is 0 Å². The van der Waals surface area contributed by atoms with Crippen LogP contribution in [0.3, 0.4) is 0 Å². The predicted octanol–water partition coefficient (Wildman–Crippen LogP) is 1.20. The Bertz CT molecular complexity index is 456. The van der Waals surface area contributed by atoms with Crippen molar-refractivity contribution in [2.24, 2.45) is 0 Å². The van der Waals surface area contributed by atoms with Crippen LogP contribution < -0.4 is 5.32 Å². The lowest BCUT2D eigenvalue weighted by Gasteiger charge is -2.23. The molecule has 78 valence electrons. The van der Waals surface area contributed by atoms with E-state index in [-0.39, 0.29) is 0 Å². The second-order valence-corrected chi connectivity index (χ2v) is 4.01. The van der Waals surface area contributed by atoms with Gasteiger partial charge in [-0.15, -0.1) is 0 Å². The first-order valence-corrected chi connectivity index (χ1v) is 5.44. The Hall–Kier alpha value is -1.42. The highest BCUT2D eigenvalue weighted by molar-refractivity contribution is 5.31. The Labute approximate surface area is 88.4 Å². The van der Waals surface area contributed by atoms with E-state index >= 15 is 0 Å². The minimum absolute atomic E-state index is 0.596. The van der Waals surface area contributed by atoms with E-state index in [1.807, 2.05) is 18.6 Å². The molecule has 1 atom stereocenters. The van der Waals surface area contributed by atoms with Gasteiger partial charge in [0.2, 0.25) is 5.78 Å². The first-order chi connectivity index (χ1) is 7.45. The van der Waals surface area contributed by atoms with Crippen molar-refractivity contribution >= 4 is 5.78 Å². The van der Waals surface area contributed by atoms with Gasteiger partial charge >= 0.3 is 0 Å². The molecule has 4 heteroatoms. The normalized spacial score (nSPS) is 22.0. The van der Waals surface area contributed by atoms with Gasteiger partial charge < -0.3 is 5.32 Å². The maximum Gasteiger partial charge on any atom is 0.233 e. The lowest BCUT2D eigenvalue weighted by Crippen LogP contribution is -2.29. The van der Waals surface area contributed by atoms with Crippen molar-refractivity contribution in [2.75, 3.05) is 13.1 Å². The SMILES string of the molecule is c1cc(C2CCCNC2)n2ccnc2n1. The standard InChI is InChI=1S/C11H14N4/c1-2-9(8-12-4-1)10-3-5-13-11-14-6-7-15(10)11/h3,5-7,9,12H,1-2,4,8H2. The number of nitrogens with zero attached hydrogens (tertiary/aromatic N) is 3. The summed E-state index contributed by atoms with van der Waals surface area (Å²) in [7, 11) is 0. The highest BCUT2D eigenvalue weighted by atomic mass is 15.1. The summed E-state index contributed by atoms with van der Waals surface area (Å²) in [5, 5.41) is 3.44. The Balaban J connectivity index is 2.05. The molecule has 0 aromatic carbocycles. The van der Waals surface area contributed by atoms with Gasteiger partial charge in [-0.3, -0.25) is 4.40 Å². The molecular weight excluding hydrogens is 188 g/mol. The van der Waals surface area contributed by atoms with E-state index in [0.717, 1.165) is 18.9 Å². The maximum atomic E-state index is 4.23. The molecule has 15 heavy (non-hydrogen) atoms. The maximum absolute atomic E-state index is 4.23. The largest absolute Gasteiger partial charge is 0.316 e. The second kappa shape index (κ2) is 3.62. The summed E-state index contributed by atoms with van der Waals surface area (Å²) in [5.41, 5.74) is 1.32. The van der Waals surface area contributed by atoms with Crippen molar-refractivity contribution in [1.82, 2.24) is 19.7 Å². The topological polar surface area (TPSA) is 42.2 Å². The third kappa shape index (κ3) is 1.51. The molecule has 1 saturated heterocycles. The second-order valence-electron chi connectivity index (χ2n) is 4.01. The van der Waals surface area contributed by atoms with E-state index in [0.29, 0.717) is 5.92 Å². The van der Waals surface area contributed by atoms with Crippen molar-refractivity contribution in [3.8, 4) is 0 Å². The van der Waals surface area contributed by atoms with Gasteiger partial charge in [0.15, 0.2) is 0 Å². The molecule has 0 aliphatic carbocycles. The molecule has 1 fully saturated rings. The fraction of sp³-hybridized carbons (Fsp3) is 0.455. The summed E-state index contributed by atoms with van der Waals surface area (Å²) in [6.45, 7) is 2.21. The Morgan fingerprint density at radius 3 is 3.13 bits per heavy atom. The van der Waals surface area contributed by atoms with Crippen LogP contribution in [0.15, 0.2) is 24.7 Å². The molecule has 1 aliphatic heterocycles. The van der Waals surface area contributed by atoms with Crippen molar-refractivity contribution in [1.29, 1.82) is 0 Å². The number of hydrogen-bond donors (Lipinski definition) is 1. The molecule has 0 bridgehead atoms. The summed E-state index contributed by atoms with van der Waals surface area (Å²) in [4.78, 5) is 8.43. The minimum Gasteiger partial charge on any atom is -0.316 e. The Morgan fingerprint density at radius 1 is 1.33 bits per heavy atom. The van der Waals surface area contributed by atoms with Crippen molar-refractivity contribution in [3.63, 3.8) is 0 Å². The molecule has 2 aromatic heterocycles. The minimum atomic E-state index is 0.596. The summed E-state index contributed by atoms with van der Waals surface area (Å²) in [6.07, 6.45) is 8.16. The third-order valence-corrected chi connectivity index (χ3v) is 3.05. The number of fused-ring (bicyclic) bond motifs is 1. The fourth-order valence-corrected chi connectivity index (χ4v) is 2.29. The lowest BCUT2D eigenvalue weighted by atomic mass is 9.96. The molecule has 0 amide bonds. The Morgan fingerprint density at radius 2 is 2.27 bits per heavy atom. The van der Waals surface area contributed by atoms with E-state index in [4.69, 9.17) is 0 Å². The lowest BCUT2D eigenvalue weighted by molar-refractivity contribution is 0.451. The summed E-state index contributed by atoms with van der Waals surface area (Å²) >= 11 is 0. The van der Waals surface area contributed by atoms with E-state index in [2.05, 4.69) is 25.8 Å². The third-order valence-electron chi connectivity index (χ3n) is 3.05. The molecule has 0 saturated carbocycles. The van der Waals surface area contributed by atoms with E-state index < -0.39 is 0 Å². The van der Waals surface area contributed by atoms with Crippen LogP contribution >= 0.6 is 0 Å². The van der Waals surface area contributed by atoms with E-state index in [1.54, 1.807) is 0 Å². The van der Waals surface area contributed by atoms with Gasteiger partial charge in [-0.25, -0.2) is 9.97 Å². The number of hydrogen-bond acceptors (Lipinski definition) is 3. The van der Waals surface area contributed by atoms with Crippen LogP contribution in [-0.4, -0.2) is 27.5 Å². The monoisotopic (exact) mass is 202 g/mol. The Kier molecular flexibility index (Phi) is 2.14. The van der Waals surface area contributed by atoms with Crippen LogP contribution in [0.2, 0.25) is 0 Å². The van der Waals surface area contributed by atoms with Crippen molar-refractivity contribution < 1.29 is 0 Å². The first kappa shape index (κ1) is 8.85. The quantitative estimate of drug-likeness (QED) is 0.755.